The van der Waals surface area contributed by atoms with Crippen LogP contribution in [0.3, 0.4) is 0 Å². The van der Waals surface area contributed by atoms with Gasteiger partial charge in [-0.3, -0.25) is 0 Å². The average molecular weight is 219 g/mol. The van der Waals surface area contributed by atoms with Crippen molar-refractivity contribution in [2.75, 3.05) is 6.54 Å². The normalized spacial score (nSPS) is 21.7. The van der Waals surface area contributed by atoms with Crippen molar-refractivity contribution < 1.29 is 0 Å². The van der Waals surface area contributed by atoms with E-state index in [1.54, 1.807) is 17.4 Å². The van der Waals surface area contributed by atoms with Crippen molar-refractivity contribution in [3.05, 3.63) is 23.1 Å². The van der Waals surface area contributed by atoms with Crippen molar-refractivity contribution in [1.82, 2.24) is 14.9 Å². The molecule has 0 aliphatic carbocycles. The molecule has 0 aromatic carbocycles. The molecule has 84 valence electrons. The zero-order chi connectivity index (χ0) is 11.4. The molecule has 1 fully saturated rings. The van der Waals surface area contributed by atoms with Crippen LogP contribution in [0.15, 0.2) is 17.7 Å². The van der Waals surface area contributed by atoms with E-state index >= 15 is 0 Å². The number of nitroso groups, excluding NO2 is 1. The maximum atomic E-state index is 10.9. The van der Waals surface area contributed by atoms with E-state index in [1.807, 2.05) is 0 Å². The second kappa shape index (κ2) is 4.75. The molecule has 1 aromatic rings. The SMILES string of the molecule is N#CN1CCC[C@H]1C(Cc1c[nH]cn1)N=O. The average Bonchev–Trinajstić information content (AvgIpc) is 2.96. The molecule has 1 saturated heterocycles. The molecule has 0 bridgehead atoms. The van der Waals surface area contributed by atoms with Crippen LogP contribution < -0.4 is 0 Å². The molecule has 1 unspecified atom stereocenters. The third-order valence-corrected chi connectivity index (χ3v) is 2.98. The Hall–Kier alpha value is -1.90. The first-order valence-corrected chi connectivity index (χ1v) is 5.31. The summed E-state index contributed by atoms with van der Waals surface area (Å²) in [6, 6.07) is -0.440. The van der Waals surface area contributed by atoms with Gasteiger partial charge in [-0.25, -0.2) is 4.98 Å². The van der Waals surface area contributed by atoms with Crippen molar-refractivity contribution in [2.24, 2.45) is 5.18 Å². The summed E-state index contributed by atoms with van der Waals surface area (Å²) in [4.78, 5) is 19.4. The largest absolute Gasteiger partial charge is 0.351 e. The van der Waals surface area contributed by atoms with Crippen LogP contribution in [0.25, 0.3) is 0 Å². The van der Waals surface area contributed by atoms with E-state index < -0.39 is 0 Å². The number of aromatic amines is 1. The Morgan fingerprint density at radius 1 is 1.81 bits per heavy atom. The molecular weight excluding hydrogens is 206 g/mol. The second-order valence-corrected chi connectivity index (χ2v) is 3.94. The van der Waals surface area contributed by atoms with E-state index in [0.717, 1.165) is 25.1 Å². The topological polar surface area (TPSA) is 85.1 Å². The zero-order valence-corrected chi connectivity index (χ0v) is 8.83. The first kappa shape index (κ1) is 10.6. The zero-order valence-electron chi connectivity index (χ0n) is 8.83. The Morgan fingerprint density at radius 3 is 3.31 bits per heavy atom. The molecule has 1 aliphatic heterocycles. The Kier molecular flexibility index (Phi) is 3.15. The predicted octanol–water partition coefficient (Wildman–Crippen LogP) is 1.03. The highest BCUT2D eigenvalue weighted by atomic mass is 16.3. The first-order valence-electron chi connectivity index (χ1n) is 5.31. The number of likely N-dealkylation sites (tertiary alicyclic amines) is 1. The lowest BCUT2D eigenvalue weighted by Gasteiger charge is -2.22. The number of imidazole rings is 1. The molecule has 0 radical (unpaired) electrons. The number of hydrogen-bond donors (Lipinski definition) is 1. The van der Waals surface area contributed by atoms with Crippen molar-refractivity contribution in [3.63, 3.8) is 0 Å². The predicted molar refractivity (Wildman–Crippen MR) is 57.2 cm³/mol. The van der Waals surface area contributed by atoms with Crippen LogP contribution in [-0.4, -0.2) is 33.5 Å². The molecule has 2 rings (SSSR count). The van der Waals surface area contributed by atoms with Crippen molar-refractivity contribution in [1.29, 1.82) is 5.26 Å². The minimum Gasteiger partial charge on any atom is -0.351 e. The summed E-state index contributed by atoms with van der Waals surface area (Å²) in [7, 11) is 0. The van der Waals surface area contributed by atoms with Gasteiger partial charge in [-0.2, -0.15) is 10.2 Å². The monoisotopic (exact) mass is 219 g/mol. The molecule has 6 nitrogen and oxygen atoms in total. The number of nitrogens with zero attached hydrogens (tertiary/aromatic N) is 4. The van der Waals surface area contributed by atoms with Gasteiger partial charge >= 0.3 is 0 Å². The van der Waals surface area contributed by atoms with Gasteiger partial charge in [0.25, 0.3) is 0 Å². The van der Waals surface area contributed by atoms with E-state index in [4.69, 9.17) is 5.26 Å². The fourth-order valence-corrected chi connectivity index (χ4v) is 2.18. The van der Waals surface area contributed by atoms with Gasteiger partial charge < -0.3 is 9.88 Å². The maximum absolute atomic E-state index is 10.9. The van der Waals surface area contributed by atoms with Gasteiger partial charge in [0.05, 0.1) is 18.1 Å². The van der Waals surface area contributed by atoms with Gasteiger partial charge in [0, 0.05) is 19.2 Å². The van der Waals surface area contributed by atoms with Gasteiger partial charge in [-0.05, 0) is 12.8 Å². The lowest BCUT2D eigenvalue weighted by molar-refractivity contribution is 0.312. The van der Waals surface area contributed by atoms with Crippen LogP contribution in [-0.2, 0) is 6.42 Å². The van der Waals surface area contributed by atoms with Crippen LogP contribution in [0.4, 0.5) is 0 Å². The summed E-state index contributed by atoms with van der Waals surface area (Å²) in [6.45, 7) is 0.730. The van der Waals surface area contributed by atoms with Gasteiger partial charge in [0.15, 0.2) is 6.19 Å². The van der Waals surface area contributed by atoms with Crippen molar-refractivity contribution >= 4 is 0 Å². The Bertz CT molecular complexity index is 382. The summed E-state index contributed by atoms with van der Waals surface area (Å²) in [5.41, 5.74) is 0.814. The van der Waals surface area contributed by atoms with E-state index in [9.17, 15) is 4.91 Å². The van der Waals surface area contributed by atoms with Crippen LogP contribution in [0.2, 0.25) is 0 Å². The molecule has 0 saturated carbocycles. The molecule has 1 aliphatic rings. The Labute approximate surface area is 93.3 Å². The summed E-state index contributed by atoms with van der Waals surface area (Å²) in [5.74, 6) is 0. The van der Waals surface area contributed by atoms with E-state index in [-0.39, 0.29) is 12.1 Å². The van der Waals surface area contributed by atoms with Gasteiger partial charge in [-0.1, -0.05) is 5.18 Å². The summed E-state index contributed by atoms with van der Waals surface area (Å²) < 4.78 is 0. The van der Waals surface area contributed by atoms with Crippen LogP contribution in [0, 0.1) is 16.4 Å². The minimum atomic E-state index is -0.384. The molecule has 2 heterocycles. The standard InChI is InChI=1S/C10H13N5O/c11-6-15-3-1-2-10(15)9(14-16)4-8-5-12-7-13-8/h5,7,9-10H,1-4H2,(H,12,13)/t9?,10-/m0/s1. The highest BCUT2D eigenvalue weighted by Gasteiger charge is 2.32. The quantitative estimate of drug-likeness (QED) is 0.605. The minimum absolute atomic E-state index is 0.0563. The van der Waals surface area contributed by atoms with Crippen LogP contribution in [0.5, 0.6) is 0 Å². The summed E-state index contributed by atoms with van der Waals surface area (Å²) >= 11 is 0. The van der Waals surface area contributed by atoms with Gasteiger partial charge in [0.1, 0.15) is 6.04 Å². The lowest BCUT2D eigenvalue weighted by Crippen LogP contribution is -2.36. The number of aromatic nitrogens is 2. The first-order chi connectivity index (χ1) is 7.85. The number of H-pyrrole nitrogens is 1. The van der Waals surface area contributed by atoms with Crippen molar-refractivity contribution in [3.8, 4) is 6.19 Å². The number of nitrogens with one attached hydrogen (secondary N) is 1. The van der Waals surface area contributed by atoms with Crippen LogP contribution in [0.1, 0.15) is 18.5 Å². The second-order valence-electron chi connectivity index (χ2n) is 3.94. The molecule has 2 atom stereocenters. The molecule has 0 amide bonds. The van der Waals surface area contributed by atoms with E-state index in [1.165, 1.54) is 0 Å². The van der Waals surface area contributed by atoms with Crippen molar-refractivity contribution in [2.45, 2.75) is 31.3 Å². The smallest absolute Gasteiger partial charge is 0.179 e. The lowest BCUT2D eigenvalue weighted by atomic mass is 10.0. The summed E-state index contributed by atoms with van der Waals surface area (Å²) in [5, 5.41) is 12.1. The van der Waals surface area contributed by atoms with Gasteiger partial charge in [0.2, 0.25) is 0 Å². The molecule has 0 spiro atoms. The Morgan fingerprint density at radius 2 is 2.69 bits per heavy atom. The number of hydrogen-bond acceptors (Lipinski definition) is 5. The van der Waals surface area contributed by atoms with Crippen LogP contribution >= 0.6 is 0 Å². The molecular formula is C10H13N5O. The van der Waals surface area contributed by atoms with E-state index in [0.29, 0.717) is 6.42 Å². The Balaban J connectivity index is 2.05. The maximum Gasteiger partial charge on any atom is 0.179 e. The fourth-order valence-electron chi connectivity index (χ4n) is 2.18. The number of rotatable bonds is 4. The third-order valence-electron chi connectivity index (χ3n) is 2.98. The summed E-state index contributed by atoms with van der Waals surface area (Å²) in [6.07, 6.45) is 7.75. The molecule has 1 aromatic heterocycles. The molecule has 6 heteroatoms. The van der Waals surface area contributed by atoms with E-state index in [2.05, 4.69) is 21.3 Å². The number of nitriles is 1. The highest BCUT2D eigenvalue weighted by Crippen LogP contribution is 2.22. The molecule has 1 N–H and O–H groups in total. The highest BCUT2D eigenvalue weighted by molar-refractivity contribution is 5.03. The fraction of sp³-hybridized carbons (Fsp3) is 0.600. The molecule has 16 heavy (non-hydrogen) atoms. The third kappa shape index (κ3) is 2.03. The van der Waals surface area contributed by atoms with Gasteiger partial charge in [-0.15, -0.1) is 0 Å².